The minimum absolute atomic E-state index is 0.115. The van der Waals surface area contributed by atoms with E-state index in [0.717, 1.165) is 4.47 Å². The summed E-state index contributed by atoms with van der Waals surface area (Å²) in [7, 11) is 1.50. The highest BCUT2D eigenvalue weighted by atomic mass is 79.9. The molecule has 0 saturated heterocycles. The van der Waals surface area contributed by atoms with Crippen LogP contribution in [0, 0.1) is 0 Å². The van der Waals surface area contributed by atoms with E-state index in [1.807, 2.05) is 5.48 Å². The van der Waals surface area contributed by atoms with Crippen LogP contribution in [0.25, 0.3) is 0 Å². The predicted octanol–water partition coefficient (Wildman–Crippen LogP) is 3.26. The first-order valence-corrected chi connectivity index (χ1v) is 8.74. The first kappa shape index (κ1) is 20.0. The number of phenolic OH excluding ortho intramolecular Hbond substituents is 1. The van der Waals surface area contributed by atoms with E-state index in [-0.39, 0.29) is 18.0 Å². The summed E-state index contributed by atoms with van der Waals surface area (Å²) in [4.78, 5) is 11.9. The first-order valence-electron chi connectivity index (χ1n) is 7.15. The summed E-state index contributed by atoms with van der Waals surface area (Å²) < 4.78 is 12.1. The second-order valence-corrected chi connectivity index (χ2v) is 6.66. The summed E-state index contributed by atoms with van der Waals surface area (Å²) in [5.74, 6) is 0.274. The molecule has 0 aliphatic heterocycles. The number of hydrazone groups is 1. The molecule has 1 amide bonds. The third-order valence-corrected chi connectivity index (χ3v) is 4.13. The maximum atomic E-state index is 11.9. The zero-order valence-corrected chi connectivity index (χ0v) is 16.7. The minimum atomic E-state index is -0.475. The largest absolute Gasteiger partial charge is 0.506 e. The van der Waals surface area contributed by atoms with Gasteiger partial charge in [0, 0.05) is 4.47 Å². The van der Waals surface area contributed by atoms with Gasteiger partial charge in [0.25, 0.3) is 5.91 Å². The number of ether oxygens (including phenoxy) is 2. The molecule has 0 bridgehead atoms. The number of carbonyl (C=O) groups is 1. The topological polar surface area (TPSA) is 112 Å². The Balaban J connectivity index is 1.94. The van der Waals surface area contributed by atoms with E-state index in [4.69, 9.17) is 14.7 Å². The number of nitrogens with one attached hydrogen (secondary N) is 2. The van der Waals surface area contributed by atoms with Crippen molar-refractivity contribution in [3.63, 3.8) is 0 Å². The Hall–Kier alpha value is -2.30. The molecule has 0 aliphatic carbocycles. The molecular weight excluding hydrogens is 474 g/mol. The molecule has 8 nitrogen and oxygen atoms in total. The number of methoxy groups -OCH3 is 1. The third-order valence-electron chi connectivity index (χ3n) is 3.09. The normalized spacial score (nSPS) is 10.6. The minimum Gasteiger partial charge on any atom is -0.506 e. The van der Waals surface area contributed by atoms with Gasteiger partial charge in [-0.3, -0.25) is 15.5 Å². The van der Waals surface area contributed by atoms with Crippen LogP contribution in [0.4, 0.5) is 5.69 Å². The molecule has 0 radical (unpaired) electrons. The van der Waals surface area contributed by atoms with Gasteiger partial charge in [0.1, 0.15) is 11.4 Å². The fourth-order valence-electron chi connectivity index (χ4n) is 1.90. The van der Waals surface area contributed by atoms with Gasteiger partial charge in [0.15, 0.2) is 18.1 Å². The number of benzene rings is 2. The van der Waals surface area contributed by atoms with Crippen molar-refractivity contribution in [1.82, 2.24) is 5.43 Å². The van der Waals surface area contributed by atoms with E-state index >= 15 is 0 Å². The number of phenols is 1. The highest BCUT2D eigenvalue weighted by Gasteiger charge is 2.12. The van der Waals surface area contributed by atoms with Crippen LogP contribution in [0.2, 0.25) is 0 Å². The van der Waals surface area contributed by atoms with Crippen LogP contribution < -0.4 is 20.4 Å². The molecule has 2 aromatic carbocycles. The van der Waals surface area contributed by atoms with Crippen LogP contribution in [0.5, 0.6) is 17.2 Å². The zero-order chi connectivity index (χ0) is 19.1. The van der Waals surface area contributed by atoms with Gasteiger partial charge in [-0.25, -0.2) is 5.43 Å². The molecule has 0 aliphatic rings. The van der Waals surface area contributed by atoms with Crippen LogP contribution in [0.1, 0.15) is 5.56 Å². The van der Waals surface area contributed by atoms with Crippen molar-refractivity contribution >= 4 is 49.7 Å². The first-order chi connectivity index (χ1) is 12.4. The lowest BCUT2D eigenvalue weighted by molar-refractivity contribution is -0.123. The smallest absolute Gasteiger partial charge is 0.277 e. The van der Waals surface area contributed by atoms with Crippen molar-refractivity contribution < 1.29 is 24.6 Å². The molecule has 0 aromatic heterocycles. The lowest BCUT2D eigenvalue weighted by Crippen LogP contribution is -2.24. The number of hydrogen-bond donors (Lipinski definition) is 4. The number of amides is 1. The van der Waals surface area contributed by atoms with E-state index in [9.17, 15) is 9.90 Å². The quantitative estimate of drug-likeness (QED) is 0.270. The van der Waals surface area contributed by atoms with Crippen LogP contribution in [-0.4, -0.2) is 36.2 Å². The van der Waals surface area contributed by atoms with Gasteiger partial charge in [-0.2, -0.15) is 5.10 Å². The van der Waals surface area contributed by atoms with E-state index < -0.39 is 5.91 Å². The lowest BCUT2D eigenvalue weighted by atomic mass is 10.2. The maximum Gasteiger partial charge on any atom is 0.277 e. The Kier molecular flexibility index (Phi) is 7.25. The molecule has 2 rings (SSSR count). The molecule has 0 atom stereocenters. The Morgan fingerprint density at radius 2 is 2.08 bits per heavy atom. The van der Waals surface area contributed by atoms with Crippen LogP contribution in [0.3, 0.4) is 0 Å². The van der Waals surface area contributed by atoms with Crippen LogP contribution in [0.15, 0.2) is 44.4 Å². The SMILES string of the molecule is COc1cc(Br)cc(Br)c1OCC(=O)N/N=C/c1ccc(O)c(NO)c1. The average molecular weight is 489 g/mol. The number of rotatable bonds is 7. The summed E-state index contributed by atoms with van der Waals surface area (Å²) in [5, 5.41) is 22.1. The number of hydrogen-bond acceptors (Lipinski definition) is 7. The van der Waals surface area contributed by atoms with Crippen molar-refractivity contribution in [2.45, 2.75) is 0 Å². The molecule has 0 spiro atoms. The maximum absolute atomic E-state index is 11.9. The summed E-state index contributed by atoms with van der Waals surface area (Å²) in [6.07, 6.45) is 1.36. The standard InChI is InChI=1S/C16H15Br2N3O5/c1-25-14-6-10(17)5-11(18)16(14)26-8-15(23)20-19-7-9-2-3-13(22)12(4-9)21-24/h2-7,21-22,24H,8H2,1H3,(H,20,23)/b19-7+. The molecule has 10 heteroatoms. The molecule has 0 unspecified atom stereocenters. The van der Waals surface area contributed by atoms with Crippen LogP contribution in [-0.2, 0) is 4.79 Å². The van der Waals surface area contributed by atoms with Gasteiger partial charge in [-0.15, -0.1) is 0 Å². The molecule has 4 N–H and O–H groups in total. The van der Waals surface area contributed by atoms with Crippen LogP contribution >= 0.6 is 31.9 Å². The summed E-state index contributed by atoms with van der Waals surface area (Å²) in [6.45, 7) is -0.271. The highest BCUT2D eigenvalue weighted by Crippen LogP contribution is 2.38. The van der Waals surface area contributed by atoms with Crippen molar-refractivity contribution in [2.75, 3.05) is 19.2 Å². The average Bonchev–Trinajstić information content (AvgIpc) is 2.61. The second kappa shape index (κ2) is 9.41. The van der Waals surface area contributed by atoms with E-state index in [2.05, 4.69) is 42.4 Å². The number of anilines is 1. The lowest BCUT2D eigenvalue weighted by Gasteiger charge is -2.12. The number of carbonyl (C=O) groups excluding carboxylic acids is 1. The molecular formula is C16H15Br2N3O5. The van der Waals surface area contributed by atoms with Gasteiger partial charge in [0.05, 0.1) is 17.8 Å². The number of aromatic hydroxyl groups is 1. The number of halogens is 2. The fourth-order valence-corrected chi connectivity index (χ4v) is 3.20. The van der Waals surface area contributed by atoms with Crippen molar-refractivity contribution in [3.05, 3.63) is 44.8 Å². The molecule has 0 saturated carbocycles. The van der Waals surface area contributed by atoms with E-state index in [0.29, 0.717) is 21.5 Å². The van der Waals surface area contributed by atoms with Gasteiger partial charge in [-0.05, 0) is 51.8 Å². The summed E-state index contributed by atoms with van der Waals surface area (Å²) in [5.41, 5.74) is 4.85. The molecule has 26 heavy (non-hydrogen) atoms. The van der Waals surface area contributed by atoms with Crippen molar-refractivity contribution in [2.24, 2.45) is 5.10 Å². The highest BCUT2D eigenvalue weighted by molar-refractivity contribution is 9.11. The predicted molar refractivity (Wildman–Crippen MR) is 103 cm³/mol. The Labute approximate surface area is 166 Å². The Morgan fingerprint density at radius 1 is 1.31 bits per heavy atom. The van der Waals surface area contributed by atoms with Crippen molar-refractivity contribution in [1.29, 1.82) is 0 Å². The molecule has 138 valence electrons. The third kappa shape index (κ3) is 5.35. The van der Waals surface area contributed by atoms with Gasteiger partial charge in [0.2, 0.25) is 0 Å². The summed E-state index contributed by atoms with van der Waals surface area (Å²) >= 11 is 6.69. The summed E-state index contributed by atoms with van der Waals surface area (Å²) in [6, 6.07) is 7.87. The molecule has 0 heterocycles. The van der Waals surface area contributed by atoms with Crippen molar-refractivity contribution in [3.8, 4) is 17.2 Å². The monoisotopic (exact) mass is 487 g/mol. The Bertz CT molecular complexity index is 830. The molecule has 0 fully saturated rings. The van der Waals surface area contributed by atoms with Gasteiger partial charge in [-0.1, -0.05) is 15.9 Å². The Morgan fingerprint density at radius 3 is 2.77 bits per heavy atom. The van der Waals surface area contributed by atoms with E-state index in [1.165, 1.54) is 25.5 Å². The van der Waals surface area contributed by atoms with E-state index in [1.54, 1.807) is 18.2 Å². The van der Waals surface area contributed by atoms with Gasteiger partial charge >= 0.3 is 0 Å². The van der Waals surface area contributed by atoms with Gasteiger partial charge < -0.3 is 14.6 Å². The number of nitrogens with zero attached hydrogens (tertiary/aromatic N) is 1. The second-order valence-electron chi connectivity index (χ2n) is 4.89. The molecule has 2 aromatic rings. The zero-order valence-electron chi connectivity index (χ0n) is 13.5. The fraction of sp³-hybridized carbons (Fsp3) is 0.125.